The summed E-state index contributed by atoms with van der Waals surface area (Å²) in [5.74, 6) is 0.0377. The SMILES string of the molecule is Cc1ccc([C@@H](C)NC(=O)[C@@H](C)Sc2ccc(Cl)cc2)cc1C. The van der Waals surface area contributed by atoms with Crippen LogP contribution in [-0.4, -0.2) is 11.2 Å². The first-order valence-corrected chi connectivity index (χ1v) is 8.92. The molecule has 2 aromatic rings. The highest BCUT2D eigenvalue weighted by Crippen LogP contribution is 2.25. The number of hydrogen-bond acceptors (Lipinski definition) is 2. The molecule has 0 saturated carbocycles. The van der Waals surface area contributed by atoms with Gasteiger partial charge in [0, 0.05) is 9.92 Å². The lowest BCUT2D eigenvalue weighted by Gasteiger charge is -2.18. The van der Waals surface area contributed by atoms with Crippen molar-refractivity contribution in [2.24, 2.45) is 0 Å². The highest BCUT2D eigenvalue weighted by molar-refractivity contribution is 8.00. The number of rotatable bonds is 5. The first-order chi connectivity index (χ1) is 10.9. The Kier molecular flexibility index (Phi) is 6.14. The summed E-state index contributed by atoms with van der Waals surface area (Å²) >= 11 is 7.42. The van der Waals surface area contributed by atoms with Crippen LogP contribution in [0.5, 0.6) is 0 Å². The van der Waals surface area contributed by atoms with E-state index in [1.807, 2.05) is 38.1 Å². The van der Waals surface area contributed by atoms with Crippen molar-refractivity contribution < 1.29 is 4.79 Å². The Morgan fingerprint density at radius 2 is 1.70 bits per heavy atom. The second-order valence-electron chi connectivity index (χ2n) is 5.79. The molecular formula is C19H22ClNOS. The number of carbonyl (C=O) groups is 1. The number of thioether (sulfide) groups is 1. The molecule has 1 N–H and O–H groups in total. The highest BCUT2D eigenvalue weighted by Gasteiger charge is 2.17. The van der Waals surface area contributed by atoms with Crippen LogP contribution >= 0.6 is 23.4 Å². The van der Waals surface area contributed by atoms with E-state index in [1.54, 1.807) is 0 Å². The third-order valence-electron chi connectivity index (χ3n) is 3.89. The second kappa shape index (κ2) is 7.89. The normalized spacial score (nSPS) is 13.4. The number of halogens is 1. The molecule has 2 nitrogen and oxygen atoms in total. The first-order valence-electron chi connectivity index (χ1n) is 7.66. The summed E-state index contributed by atoms with van der Waals surface area (Å²) in [6.07, 6.45) is 0. The van der Waals surface area contributed by atoms with Crippen molar-refractivity contribution in [2.75, 3.05) is 0 Å². The van der Waals surface area contributed by atoms with Gasteiger partial charge in [-0.2, -0.15) is 0 Å². The van der Waals surface area contributed by atoms with Crippen LogP contribution in [0.4, 0.5) is 0 Å². The van der Waals surface area contributed by atoms with Gasteiger partial charge in [-0.25, -0.2) is 0 Å². The predicted octanol–water partition coefficient (Wildman–Crippen LogP) is 5.31. The van der Waals surface area contributed by atoms with Gasteiger partial charge in [-0.05, 0) is 68.7 Å². The number of benzene rings is 2. The summed E-state index contributed by atoms with van der Waals surface area (Å²) in [6.45, 7) is 8.11. The van der Waals surface area contributed by atoms with Crippen molar-refractivity contribution in [2.45, 2.75) is 43.9 Å². The van der Waals surface area contributed by atoms with Crippen molar-refractivity contribution in [3.8, 4) is 0 Å². The van der Waals surface area contributed by atoms with Gasteiger partial charge >= 0.3 is 0 Å². The van der Waals surface area contributed by atoms with Crippen LogP contribution < -0.4 is 5.32 Å². The zero-order chi connectivity index (χ0) is 17.0. The quantitative estimate of drug-likeness (QED) is 0.742. The van der Waals surface area contributed by atoms with Crippen LogP contribution in [0.15, 0.2) is 47.4 Å². The molecule has 23 heavy (non-hydrogen) atoms. The number of aryl methyl sites for hydroxylation is 2. The van der Waals surface area contributed by atoms with E-state index >= 15 is 0 Å². The van der Waals surface area contributed by atoms with Gasteiger partial charge in [0.15, 0.2) is 0 Å². The lowest BCUT2D eigenvalue weighted by molar-refractivity contribution is -0.120. The summed E-state index contributed by atoms with van der Waals surface area (Å²) in [5.41, 5.74) is 3.64. The Bertz CT molecular complexity index is 684. The van der Waals surface area contributed by atoms with Crippen LogP contribution in [0, 0.1) is 13.8 Å². The van der Waals surface area contributed by atoms with E-state index in [2.05, 4.69) is 37.4 Å². The fourth-order valence-corrected chi connectivity index (χ4v) is 3.22. The van der Waals surface area contributed by atoms with Gasteiger partial charge in [-0.3, -0.25) is 4.79 Å². The van der Waals surface area contributed by atoms with E-state index in [-0.39, 0.29) is 17.2 Å². The monoisotopic (exact) mass is 347 g/mol. The molecule has 1 amide bonds. The van der Waals surface area contributed by atoms with Gasteiger partial charge in [-0.15, -0.1) is 11.8 Å². The van der Waals surface area contributed by atoms with Gasteiger partial charge in [0.2, 0.25) is 5.91 Å². The number of hydrogen-bond donors (Lipinski definition) is 1. The van der Waals surface area contributed by atoms with Crippen molar-refractivity contribution in [1.82, 2.24) is 5.32 Å². The molecule has 122 valence electrons. The molecule has 0 heterocycles. The van der Waals surface area contributed by atoms with Gasteiger partial charge < -0.3 is 5.32 Å². The summed E-state index contributed by atoms with van der Waals surface area (Å²) in [4.78, 5) is 13.4. The molecule has 0 spiro atoms. The second-order valence-corrected chi connectivity index (χ2v) is 7.64. The molecule has 0 aromatic heterocycles. The van der Waals surface area contributed by atoms with E-state index in [0.29, 0.717) is 5.02 Å². The summed E-state index contributed by atoms with van der Waals surface area (Å²) in [6, 6.07) is 13.8. The Morgan fingerprint density at radius 3 is 2.30 bits per heavy atom. The Labute approximate surface area is 147 Å². The third-order valence-corrected chi connectivity index (χ3v) is 5.25. The average molecular weight is 348 g/mol. The molecule has 2 atom stereocenters. The number of nitrogens with one attached hydrogen (secondary N) is 1. The zero-order valence-corrected chi connectivity index (χ0v) is 15.5. The maximum Gasteiger partial charge on any atom is 0.233 e. The largest absolute Gasteiger partial charge is 0.349 e. The Balaban J connectivity index is 1.96. The molecule has 0 bridgehead atoms. The number of amides is 1. The average Bonchev–Trinajstić information content (AvgIpc) is 2.52. The number of carbonyl (C=O) groups excluding carboxylic acids is 1. The van der Waals surface area contributed by atoms with Gasteiger partial charge in [-0.1, -0.05) is 29.8 Å². The maximum atomic E-state index is 12.4. The molecule has 0 fully saturated rings. The standard InChI is InChI=1S/C19H22ClNOS/c1-12-5-6-16(11-13(12)2)14(3)21-19(22)15(4)23-18-9-7-17(20)8-10-18/h5-11,14-15H,1-4H3,(H,21,22)/t14-,15-/m1/s1. The maximum absolute atomic E-state index is 12.4. The molecule has 2 rings (SSSR count). The molecule has 0 aliphatic carbocycles. The first kappa shape index (κ1) is 17.9. The van der Waals surface area contributed by atoms with E-state index < -0.39 is 0 Å². The van der Waals surface area contributed by atoms with E-state index in [4.69, 9.17) is 11.6 Å². The van der Waals surface area contributed by atoms with Crippen LogP contribution in [0.1, 0.15) is 36.6 Å². The fourth-order valence-electron chi connectivity index (χ4n) is 2.22. The highest BCUT2D eigenvalue weighted by atomic mass is 35.5. The molecule has 0 unspecified atom stereocenters. The third kappa shape index (κ3) is 5.02. The van der Waals surface area contributed by atoms with Gasteiger partial charge in [0.25, 0.3) is 0 Å². The fraction of sp³-hybridized carbons (Fsp3) is 0.316. The van der Waals surface area contributed by atoms with E-state index in [0.717, 1.165) is 10.5 Å². The molecule has 0 saturated heterocycles. The lowest BCUT2D eigenvalue weighted by Crippen LogP contribution is -2.33. The van der Waals surface area contributed by atoms with Crippen LogP contribution in [0.3, 0.4) is 0 Å². The topological polar surface area (TPSA) is 29.1 Å². The minimum atomic E-state index is -0.162. The van der Waals surface area contributed by atoms with Crippen LogP contribution in [0.25, 0.3) is 0 Å². The molecule has 0 aliphatic rings. The van der Waals surface area contributed by atoms with Crippen LogP contribution in [-0.2, 0) is 4.79 Å². The van der Waals surface area contributed by atoms with Gasteiger partial charge in [0.05, 0.1) is 11.3 Å². The minimum absolute atomic E-state index is 0.00457. The molecule has 2 aromatic carbocycles. The minimum Gasteiger partial charge on any atom is -0.349 e. The van der Waals surface area contributed by atoms with Crippen LogP contribution in [0.2, 0.25) is 5.02 Å². The van der Waals surface area contributed by atoms with E-state index in [1.165, 1.54) is 22.9 Å². The molecule has 0 aliphatic heterocycles. The van der Waals surface area contributed by atoms with Crippen molar-refractivity contribution in [3.05, 3.63) is 64.2 Å². The smallest absolute Gasteiger partial charge is 0.233 e. The summed E-state index contributed by atoms with van der Waals surface area (Å²) < 4.78 is 0. The van der Waals surface area contributed by atoms with Gasteiger partial charge in [0.1, 0.15) is 0 Å². The summed E-state index contributed by atoms with van der Waals surface area (Å²) in [5, 5.41) is 3.63. The lowest BCUT2D eigenvalue weighted by atomic mass is 10.0. The summed E-state index contributed by atoms with van der Waals surface area (Å²) in [7, 11) is 0. The Morgan fingerprint density at radius 1 is 1.04 bits per heavy atom. The molecule has 0 radical (unpaired) electrons. The van der Waals surface area contributed by atoms with Crippen molar-refractivity contribution in [3.63, 3.8) is 0 Å². The molecule has 4 heteroatoms. The van der Waals surface area contributed by atoms with E-state index in [9.17, 15) is 4.79 Å². The van der Waals surface area contributed by atoms with Crippen molar-refractivity contribution >= 4 is 29.3 Å². The zero-order valence-electron chi connectivity index (χ0n) is 13.9. The predicted molar refractivity (Wildman–Crippen MR) is 99.2 cm³/mol. The van der Waals surface area contributed by atoms with Crippen molar-refractivity contribution in [1.29, 1.82) is 0 Å². The molecular weight excluding hydrogens is 326 g/mol. The Hall–Kier alpha value is -1.45.